The van der Waals surface area contributed by atoms with Crippen molar-refractivity contribution >= 4 is 5.97 Å². The minimum atomic E-state index is -0.403. The van der Waals surface area contributed by atoms with E-state index in [1.807, 2.05) is 12.2 Å². The predicted octanol–water partition coefficient (Wildman–Crippen LogP) is 0.629. The lowest BCUT2D eigenvalue weighted by Gasteiger charge is -2.17. The number of hydrogen-bond donors (Lipinski definition) is 1. The molecule has 66 valence electrons. The van der Waals surface area contributed by atoms with E-state index in [1.54, 1.807) is 0 Å². The lowest BCUT2D eigenvalue weighted by Crippen LogP contribution is -2.26. The van der Waals surface area contributed by atoms with Crippen molar-refractivity contribution in [3.8, 4) is 0 Å². The van der Waals surface area contributed by atoms with Crippen LogP contribution in [0.15, 0.2) is 12.2 Å². The second kappa shape index (κ2) is 2.90. The van der Waals surface area contributed by atoms with Crippen LogP contribution >= 0.6 is 0 Å². The first kappa shape index (κ1) is 7.80. The van der Waals surface area contributed by atoms with Crippen LogP contribution in [-0.2, 0) is 9.53 Å². The quantitative estimate of drug-likeness (QED) is 0.426. The molecule has 2 rings (SSSR count). The highest BCUT2D eigenvalue weighted by molar-refractivity contribution is 5.72. The molecular formula is C9H12O3. The lowest BCUT2D eigenvalue weighted by atomic mass is 9.93. The maximum absolute atomic E-state index is 10.9. The molecule has 3 heteroatoms. The smallest absolute Gasteiger partial charge is 0.306 e. The summed E-state index contributed by atoms with van der Waals surface area (Å²) in [5.74, 6) is -0.146. The van der Waals surface area contributed by atoms with Gasteiger partial charge < -0.3 is 9.84 Å². The van der Waals surface area contributed by atoms with Gasteiger partial charge in [-0.2, -0.15) is 0 Å². The number of rotatable bonds is 0. The Hall–Kier alpha value is -0.830. The van der Waals surface area contributed by atoms with Crippen LogP contribution < -0.4 is 0 Å². The van der Waals surface area contributed by atoms with Crippen LogP contribution in [0, 0.1) is 5.92 Å². The highest BCUT2D eigenvalue weighted by Crippen LogP contribution is 2.31. The number of aliphatic hydroxyl groups excluding tert-OH is 1. The van der Waals surface area contributed by atoms with Gasteiger partial charge >= 0.3 is 5.97 Å². The van der Waals surface area contributed by atoms with E-state index in [0.717, 1.165) is 6.42 Å². The van der Waals surface area contributed by atoms with E-state index < -0.39 is 6.10 Å². The van der Waals surface area contributed by atoms with Crippen molar-refractivity contribution < 1.29 is 14.6 Å². The Balaban J connectivity index is 2.14. The number of carbonyl (C=O) groups is 1. The minimum Gasteiger partial charge on any atom is -0.462 e. The molecule has 0 unspecified atom stereocenters. The maximum Gasteiger partial charge on any atom is 0.306 e. The van der Waals surface area contributed by atoms with Gasteiger partial charge in [0, 0.05) is 12.3 Å². The van der Waals surface area contributed by atoms with Crippen molar-refractivity contribution in [2.75, 3.05) is 0 Å². The highest BCUT2D eigenvalue weighted by Gasteiger charge is 2.39. The third kappa shape index (κ3) is 1.25. The fraction of sp³-hybridized carbons (Fsp3) is 0.667. The van der Waals surface area contributed by atoms with E-state index >= 15 is 0 Å². The highest BCUT2D eigenvalue weighted by atomic mass is 16.6. The molecule has 1 aliphatic heterocycles. The van der Waals surface area contributed by atoms with Crippen LogP contribution in [0.5, 0.6) is 0 Å². The molecule has 0 saturated carbocycles. The van der Waals surface area contributed by atoms with Gasteiger partial charge in [-0.15, -0.1) is 0 Å². The Bertz CT molecular complexity index is 222. The van der Waals surface area contributed by atoms with Crippen LogP contribution in [0.4, 0.5) is 0 Å². The van der Waals surface area contributed by atoms with E-state index in [1.165, 1.54) is 0 Å². The fourth-order valence-electron chi connectivity index (χ4n) is 1.88. The van der Waals surface area contributed by atoms with Crippen molar-refractivity contribution in [2.24, 2.45) is 5.92 Å². The van der Waals surface area contributed by atoms with Gasteiger partial charge in [-0.05, 0) is 6.42 Å². The van der Waals surface area contributed by atoms with Crippen LogP contribution in [0.25, 0.3) is 0 Å². The second-order valence-corrected chi connectivity index (χ2v) is 3.41. The number of esters is 1. The lowest BCUT2D eigenvalue weighted by molar-refractivity contribution is -0.141. The summed E-state index contributed by atoms with van der Waals surface area (Å²) in [5, 5.41) is 9.59. The van der Waals surface area contributed by atoms with E-state index in [0.29, 0.717) is 12.8 Å². The number of carbonyl (C=O) groups excluding carboxylic acids is 1. The third-order valence-corrected chi connectivity index (χ3v) is 2.57. The molecule has 0 aromatic rings. The van der Waals surface area contributed by atoms with Crippen LogP contribution in [-0.4, -0.2) is 23.3 Å². The average molecular weight is 168 g/mol. The summed E-state index contributed by atoms with van der Waals surface area (Å²) in [7, 11) is 0. The summed E-state index contributed by atoms with van der Waals surface area (Å²) in [6.45, 7) is 0. The Morgan fingerprint density at radius 2 is 2.17 bits per heavy atom. The summed E-state index contributed by atoms with van der Waals surface area (Å²) < 4.78 is 5.07. The Morgan fingerprint density at radius 3 is 3.00 bits per heavy atom. The Morgan fingerprint density at radius 1 is 1.42 bits per heavy atom. The standard InChI is InChI=1S/C9H12O3/c10-7-3-1-2-4-8-6(7)5-9(11)12-8/h1-2,6-8,10H,3-5H2/t6-,7-,8-/m0/s1. The largest absolute Gasteiger partial charge is 0.462 e. The molecule has 0 spiro atoms. The van der Waals surface area contributed by atoms with Gasteiger partial charge in [0.05, 0.1) is 12.5 Å². The summed E-state index contributed by atoms with van der Waals surface area (Å²) in [4.78, 5) is 10.9. The molecule has 1 aliphatic carbocycles. The zero-order valence-electron chi connectivity index (χ0n) is 6.77. The van der Waals surface area contributed by atoms with Crippen LogP contribution in [0.2, 0.25) is 0 Å². The van der Waals surface area contributed by atoms with Crippen molar-refractivity contribution in [3.05, 3.63) is 12.2 Å². The molecule has 1 heterocycles. The first-order valence-electron chi connectivity index (χ1n) is 4.30. The third-order valence-electron chi connectivity index (χ3n) is 2.57. The van der Waals surface area contributed by atoms with Gasteiger partial charge in [-0.1, -0.05) is 12.2 Å². The molecule has 2 aliphatic rings. The van der Waals surface area contributed by atoms with E-state index in [-0.39, 0.29) is 18.0 Å². The zero-order chi connectivity index (χ0) is 8.55. The van der Waals surface area contributed by atoms with E-state index in [2.05, 4.69) is 0 Å². The molecule has 0 amide bonds. The first-order valence-corrected chi connectivity index (χ1v) is 4.30. The Labute approximate surface area is 71.0 Å². The normalized spacial score (nSPS) is 40.4. The number of aliphatic hydroxyl groups is 1. The van der Waals surface area contributed by atoms with Gasteiger partial charge in [0.2, 0.25) is 0 Å². The SMILES string of the molecule is O=C1C[C@@H]2[C@H](CC=CC[C@@H]2O)O1. The van der Waals surface area contributed by atoms with Crippen molar-refractivity contribution in [1.29, 1.82) is 0 Å². The molecule has 1 fully saturated rings. The molecule has 0 bridgehead atoms. The molecule has 1 N–H and O–H groups in total. The van der Waals surface area contributed by atoms with E-state index in [9.17, 15) is 9.90 Å². The van der Waals surface area contributed by atoms with E-state index in [4.69, 9.17) is 4.74 Å². The second-order valence-electron chi connectivity index (χ2n) is 3.41. The zero-order valence-corrected chi connectivity index (χ0v) is 6.77. The minimum absolute atomic E-state index is 0.0208. The monoisotopic (exact) mass is 168 g/mol. The number of hydrogen-bond acceptors (Lipinski definition) is 3. The molecule has 3 nitrogen and oxygen atoms in total. The number of ether oxygens (including phenoxy) is 1. The fourth-order valence-corrected chi connectivity index (χ4v) is 1.88. The van der Waals surface area contributed by atoms with Gasteiger partial charge in [0.15, 0.2) is 0 Å². The van der Waals surface area contributed by atoms with Crippen molar-refractivity contribution in [3.63, 3.8) is 0 Å². The summed E-state index contributed by atoms with van der Waals surface area (Å²) >= 11 is 0. The summed E-state index contributed by atoms with van der Waals surface area (Å²) in [6.07, 6.45) is 5.24. The summed E-state index contributed by atoms with van der Waals surface area (Å²) in [5.41, 5.74) is 0. The van der Waals surface area contributed by atoms with Gasteiger partial charge in [-0.25, -0.2) is 0 Å². The first-order chi connectivity index (χ1) is 5.77. The molecular weight excluding hydrogens is 156 g/mol. The predicted molar refractivity (Wildman–Crippen MR) is 42.4 cm³/mol. The average Bonchev–Trinajstić information content (AvgIpc) is 2.33. The summed E-state index contributed by atoms with van der Waals surface area (Å²) in [6, 6.07) is 0. The molecule has 0 aromatic heterocycles. The molecule has 0 radical (unpaired) electrons. The molecule has 1 saturated heterocycles. The van der Waals surface area contributed by atoms with Crippen LogP contribution in [0.3, 0.4) is 0 Å². The van der Waals surface area contributed by atoms with Gasteiger partial charge in [-0.3, -0.25) is 4.79 Å². The molecule has 3 atom stereocenters. The van der Waals surface area contributed by atoms with Gasteiger partial charge in [0.25, 0.3) is 0 Å². The number of fused-ring (bicyclic) bond motifs is 1. The maximum atomic E-state index is 10.9. The Kier molecular flexibility index (Phi) is 1.89. The van der Waals surface area contributed by atoms with Crippen LogP contribution in [0.1, 0.15) is 19.3 Å². The van der Waals surface area contributed by atoms with Crippen molar-refractivity contribution in [1.82, 2.24) is 0 Å². The van der Waals surface area contributed by atoms with Gasteiger partial charge in [0.1, 0.15) is 6.10 Å². The van der Waals surface area contributed by atoms with Crippen molar-refractivity contribution in [2.45, 2.75) is 31.5 Å². The molecule has 12 heavy (non-hydrogen) atoms. The molecule has 0 aromatic carbocycles. The topological polar surface area (TPSA) is 46.5 Å².